The van der Waals surface area contributed by atoms with E-state index in [1.165, 1.54) is 0 Å². The topological polar surface area (TPSA) is 91.1 Å². The van der Waals surface area contributed by atoms with E-state index in [1.807, 2.05) is 6.92 Å². The van der Waals surface area contributed by atoms with Crippen LogP contribution in [0.5, 0.6) is 0 Å². The second kappa shape index (κ2) is 6.17. The van der Waals surface area contributed by atoms with E-state index >= 15 is 0 Å². The van der Waals surface area contributed by atoms with E-state index in [4.69, 9.17) is 0 Å². The zero-order valence-corrected chi connectivity index (χ0v) is 15.1. The van der Waals surface area contributed by atoms with E-state index in [-0.39, 0.29) is 16.8 Å². The van der Waals surface area contributed by atoms with Crippen molar-refractivity contribution in [3.63, 3.8) is 0 Å². The zero-order valence-electron chi connectivity index (χ0n) is 14.2. The number of nitrogens with one attached hydrogen (secondary N) is 3. The van der Waals surface area contributed by atoms with Crippen LogP contribution in [0.2, 0.25) is 0 Å². The van der Waals surface area contributed by atoms with Gasteiger partial charge in [0.15, 0.2) is 0 Å². The molecule has 4 rings (SSSR count). The molecule has 0 radical (unpaired) electrons. The van der Waals surface area contributed by atoms with Crippen LogP contribution < -0.4 is 10.0 Å². The molecule has 26 heavy (non-hydrogen) atoms. The predicted molar refractivity (Wildman–Crippen MR) is 101 cm³/mol. The SMILES string of the molecule is Cc1ccc(S(=O)(=O)Nc2ccc3[nH]c(C(=O)NC4CC4)cc3c2)cc1. The van der Waals surface area contributed by atoms with Crippen LogP contribution in [0.25, 0.3) is 10.9 Å². The molecule has 1 amide bonds. The van der Waals surface area contributed by atoms with Gasteiger partial charge in [-0.05, 0) is 56.2 Å². The summed E-state index contributed by atoms with van der Waals surface area (Å²) < 4.78 is 27.6. The first-order chi connectivity index (χ1) is 12.4. The molecule has 0 aliphatic heterocycles. The summed E-state index contributed by atoms with van der Waals surface area (Å²) >= 11 is 0. The van der Waals surface area contributed by atoms with E-state index in [1.54, 1.807) is 48.5 Å². The summed E-state index contributed by atoms with van der Waals surface area (Å²) in [6.45, 7) is 1.90. The minimum atomic E-state index is -3.66. The van der Waals surface area contributed by atoms with Gasteiger partial charge >= 0.3 is 0 Å². The molecule has 134 valence electrons. The van der Waals surface area contributed by atoms with Crippen molar-refractivity contribution in [1.29, 1.82) is 0 Å². The first kappa shape index (κ1) is 16.7. The summed E-state index contributed by atoms with van der Waals surface area (Å²) in [5, 5.41) is 3.70. The Labute approximate surface area is 151 Å². The standard InChI is InChI=1S/C19H19N3O3S/c1-12-2-7-16(8-3-12)26(24,25)22-15-6-9-17-13(10-15)11-18(21-17)19(23)20-14-4-5-14/h2-3,6-11,14,21-22H,4-5H2,1H3,(H,20,23). The number of carbonyl (C=O) groups excluding carboxylic acids is 1. The quantitative estimate of drug-likeness (QED) is 0.645. The fourth-order valence-corrected chi connectivity index (χ4v) is 3.79. The number of aryl methyl sites for hydroxylation is 1. The van der Waals surface area contributed by atoms with Crippen molar-refractivity contribution in [2.75, 3.05) is 4.72 Å². The molecule has 0 bridgehead atoms. The average molecular weight is 369 g/mol. The number of hydrogen-bond acceptors (Lipinski definition) is 3. The molecule has 3 N–H and O–H groups in total. The first-order valence-corrected chi connectivity index (χ1v) is 9.92. The van der Waals surface area contributed by atoms with Crippen molar-refractivity contribution in [1.82, 2.24) is 10.3 Å². The van der Waals surface area contributed by atoms with E-state index < -0.39 is 10.0 Å². The van der Waals surface area contributed by atoms with Crippen molar-refractivity contribution in [3.8, 4) is 0 Å². The predicted octanol–water partition coefficient (Wildman–Crippen LogP) is 3.17. The highest BCUT2D eigenvalue weighted by atomic mass is 32.2. The van der Waals surface area contributed by atoms with Crippen LogP contribution in [0.1, 0.15) is 28.9 Å². The summed E-state index contributed by atoms with van der Waals surface area (Å²) in [5.74, 6) is -0.134. The molecular formula is C19H19N3O3S. The number of rotatable bonds is 5. The molecule has 2 aromatic carbocycles. The van der Waals surface area contributed by atoms with Gasteiger partial charge in [0.05, 0.1) is 4.90 Å². The molecule has 0 saturated heterocycles. The molecule has 1 fully saturated rings. The van der Waals surface area contributed by atoms with E-state index in [0.717, 1.165) is 29.3 Å². The molecule has 1 aliphatic rings. The van der Waals surface area contributed by atoms with Crippen molar-refractivity contribution in [3.05, 3.63) is 59.8 Å². The molecular weight excluding hydrogens is 350 g/mol. The lowest BCUT2D eigenvalue weighted by atomic mass is 10.2. The Balaban J connectivity index is 1.58. The molecule has 0 spiro atoms. The molecule has 0 atom stereocenters. The van der Waals surface area contributed by atoms with Crippen LogP contribution in [0.15, 0.2) is 53.4 Å². The Morgan fingerprint density at radius 2 is 1.81 bits per heavy atom. The summed E-state index contributed by atoms with van der Waals surface area (Å²) in [5.41, 5.74) is 2.70. The molecule has 0 unspecified atom stereocenters. The van der Waals surface area contributed by atoms with Crippen LogP contribution in [-0.4, -0.2) is 25.4 Å². The number of hydrogen-bond donors (Lipinski definition) is 3. The fraction of sp³-hybridized carbons (Fsp3) is 0.211. The minimum absolute atomic E-state index is 0.134. The van der Waals surface area contributed by atoms with Crippen molar-refractivity contribution < 1.29 is 13.2 Å². The highest BCUT2D eigenvalue weighted by Gasteiger charge is 2.24. The molecule has 1 heterocycles. The van der Waals surface area contributed by atoms with Gasteiger partial charge in [-0.2, -0.15) is 0 Å². The molecule has 1 aromatic heterocycles. The molecule has 1 aliphatic carbocycles. The maximum absolute atomic E-state index is 12.5. The Morgan fingerprint density at radius 1 is 1.08 bits per heavy atom. The van der Waals surface area contributed by atoms with Gasteiger partial charge < -0.3 is 10.3 Å². The summed E-state index contributed by atoms with van der Waals surface area (Å²) in [6.07, 6.45) is 2.05. The molecule has 3 aromatic rings. The maximum Gasteiger partial charge on any atom is 0.267 e. The monoisotopic (exact) mass is 369 g/mol. The Bertz CT molecular complexity index is 1080. The normalized spacial score (nSPS) is 14.3. The summed E-state index contributed by atoms with van der Waals surface area (Å²) in [6, 6.07) is 13.8. The van der Waals surface area contributed by atoms with Crippen molar-refractivity contribution >= 4 is 32.5 Å². The minimum Gasteiger partial charge on any atom is -0.351 e. The number of carbonyl (C=O) groups is 1. The van der Waals surface area contributed by atoms with Crippen LogP contribution >= 0.6 is 0 Å². The Kier molecular flexibility index (Phi) is 3.96. The van der Waals surface area contributed by atoms with Gasteiger partial charge in [-0.3, -0.25) is 9.52 Å². The number of benzene rings is 2. The maximum atomic E-state index is 12.5. The zero-order chi connectivity index (χ0) is 18.3. The second-order valence-corrected chi connectivity index (χ2v) is 8.33. The summed E-state index contributed by atoms with van der Waals surface area (Å²) in [4.78, 5) is 15.4. The Hall–Kier alpha value is -2.80. The van der Waals surface area contributed by atoms with Crippen LogP contribution in [0.3, 0.4) is 0 Å². The number of fused-ring (bicyclic) bond motifs is 1. The van der Waals surface area contributed by atoms with Gasteiger partial charge in [0.1, 0.15) is 5.69 Å². The Morgan fingerprint density at radius 3 is 2.50 bits per heavy atom. The van der Waals surface area contributed by atoms with Gasteiger partial charge in [-0.15, -0.1) is 0 Å². The molecule has 1 saturated carbocycles. The third-order valence-electron chi connectivity index (χ3n) is 4.36. The van der Waals surface area contributed by atoms with E-state index in [0.29, 0.717) is 11.4 Å². The summed E-state index contributed by atoms with van der Waals surface area (Å²) in [7, 11) is -3.66. The lowest BCUT2D eigenvalue weighted by Crippen LogP contribution is -2.25. The average Bonchev–Trinajstić information content (AvgIpc) is 3.30. The van der Waals surface area contributed by atoms with E-state index in [2.05, 4.69) is 15.0 Å². The number of amides is 1. The fourth-order valence-electron chi connectivity index (χ4n) is 2.74. The molecule has 7 heteroatoms. The van der Waals surface area contributed by atoms with Gasteiger partial charge in [0.2, 0.25) is 0 Å². The van der Waals surface area contributed by atoms with Crippen molar-refractivity contribution in [2.45, 2.75) is 30.7 Å². The van der Waals surface area contributed by atoms with Crippen LogP contribution in [-0.2, 0) is 10.0 Å². The highest BCUT2D eigenvalue weighted by Crippen LogP contribution is 2.24. The first-order valence-electron chi connectivity index (χ1n) is 8.44. The van der Waals surface area contributed by atoms with Crippen molar-refractivity contribution in [2.24, 2.45) is 0 Å². The smallest absolute Gasteiger partial charge is 0.267 e. The van der Waals surface area contributed by atoms with Crippen LogP contribution in [0.4, 0.5) is 5.69 Å². The largest absolute Gasteiger partial charge is 0.351 e. The number of aromatic amines is 1. The van der Waals surface area contributed by atoms with Gasteiger partial charge in [-0.25, -0.2) is 8.42 Å². The van der Waals surface area contributed by atoms with E-state index in [9.17, 15) is 13.2 Å². The third-order valence-corrected chi connectivity index (χ3v) is 5.76. The van der Waals surface area contributed by atoms with Crippen LogP contribution in [0, 0.1) is 6.92 Å². The number of sulfonamides is 1. The van der Waals surface area contributed by atoms with Gasteiger partial charge in [0.25, 0.3) is 15.9 Å². The van der Waals surface area contributed by atoms with Gasteiger partial charge in [0, 0.05) is 22.6 Å². The lowest BCUT2D eigenvalue weighted by molar-refractivity contribution is 0.0947. The third kappa shape index (κ3) is 3.43. The molecule has 6 nitrogen and oxygen atoms in total. The number of aromatic nitrogens is 1. The second-order valence-electron chi connectivity index (χ2n) is 6.65. The lowest BCUT2D eigenvalue weighted by Gasteiger charge is -2.08. The highest BCUT2D eigenvalue weighted by molar-refractivity contribution is 7.92. The van der Waals surface area contributed by atoms with Gasteiger partial charge in [-0.1, -0.05) is 17.7 Å². The number of anilines is 1. The number of H-pyrrole nitrogens is 1.